The van der Waals surface area contributed by atoms with Crippen molar-refractivity contribution in [1.82, 2.24) is 15.1 Å². The molecule has 2 heterocycles. The van der Waals surface area contributed by atoms with Gasteiger partial charge in [0.15, 0.2) is 11.0 Å². The third kappa shape index (κ3) is 3.52. The van der Waals surface area contributed by atoms with Gasteiger partial charge in [0.2, 0.25) is 0 Å². The summed E-state index contributed by atoms with van der Waals surface area (Å²) in [5.74, 6) is 0.909. The molecular weight excluding hydrogens is 284 g/mol. The van der Waals surface area contributed by atoms with Crippen LogP contribution >= 0.6 is 11.6 Å². The molecule has 1 aliphatic rings. The van der Waals surface area contributed by atoms with E-state index in [-0.39, 0.29) is 0 Å². The van der Waals surface area contributed by atoms with E-state index in [2.05, 4.69) is 57.3 Å². The first-order chi connectivity index (χ1) is 10.2. The number of rotatable bonds is 3. The van der Waals surface area contributed by atoms with Crippen LogP contribution in [0.5, 0.6) is 0 Å². The Balaban J connectivity index is 1.63. The zero-order valence-electron chi connectivity index (χ0n) is 12.1. The molecule has 1 aromatic carbocycles. The lowest BCUT2D eigenvalue weighted by molar-refractivity contribution is 0.220. The molecule has 1 saturated heterocycles. The quantitative estimate of drug-likeness (QED) is 0.873. The van der Waals surface area contributed by atoms with Crippen LogP contribution in [0.2, 0.25) is 5.15 Å². The van der Waals surface area contributed by atoms with Crippen molar-refractivity contribution in [2.24, 2.45) is 0 Å². The summed E-state index contributed by atoms with van der Waals surface area (Å²) in [7, 11) is 0. The van der Waals surface area contributed by atoms with Crippen LogP contribution in [-0.2, 0) is 6.54 Å². The Morgan fingerprint density at radius 3 is 2.57 bits per heavy atom. The Morgan fingerprint density at radius 2 is 1.90 bits per heavy atom. The summed E-state index contributed by atoms with van der Waals surface area (Å²) in [6, 6.07) is 14.8. The average Bonchev–Trinajstić information content (AvgIpc) is 2.50. The van der Waals surface area contributed by atoms with Crippen molar-refractivity contribution in [3.8, 4) is 0 Å². The Morgan fingerprint density at radius 1 is 1.10 bits per heavy atom. The van der Waals surface area contributed by atoms with Gasteiger partial charge in [0.25, 0.3) is 0 Å². The lowest BCUT2D eigenvalue weighted by Gasteiger charge is -2.40. The summed E-state index contributed by atoms with van der Waals surface area (Å²) < 4.78 is 0. The Hall–Kier alpha value is -1.65. The van der Waals surface area contributed by atoms with Crippen molar-refractivity contribution < 1.29 is 0 Å². The number of benzene rings is 1. The minimum atomic E-state index is 0.415. The number of hydrogen-bond acceptors (Lipinski definition) is 4. The largest absolute Gasteiger partial charge is 0.350 e. The van der Waals surface area contributed by atoms with Crippen molar-refractivity contribution in [1.29, 1.82) is 0 Å². The lowest BCUT2D eigenvalue weighted by atomic mass is 10.1. The molecule has 0 N–H and O–H groups in total. The van der Waals surface area contributed by atoms with Gasteiger partial charge < -0.3 is 4.90 Å². The molecule has 0 saturated carbocycles. The molecule has 21 heavy (non-hydrogen) atoms. The molecule has 3 rings (SSSR count). The van der Waals surface area contributed by atoms with E-state index < -0.39 is 0 Å². The van der Waals surface area contributed by atoms with E-state index in [0.29, 0.717) is 11.2 Å². The fourth-order valence-corrected chi connectivity index (χ4v) is 2.92. The number of piperazine rings is 1. The summed E-state index contributed by atoms with van der Waals surface area (Å²) in [5.41, 5.74) is 1.37. The Kier molecular flexibility index (Phi) is 4.36. The Labute approximate surface area is 130 Å². The van der Waals surface area contributed by atoms with Crippen LogP contribution in [0.4, 0.5) is 5.82 Å². The topological polar surface area (TPSA) is 32.3 Å². The first-order valence-electron chi connectivity index (χ1n) is 7.24. The van der Waals surface area contributed by atoms with E-state index >= 15 is 0 Å². The van der Waals surface area contributed by atoms with Crippen LogP contribution in [0, 0.1) is 0 Å². The van der Waals surface area contributed by atoms with Gasteiger partial charge in [-0.1, -0.05) is 41.9 Å². The minimum Gasteiger partial charge on any atom is -0.350 e. The number of halogens is 1. The van der Waals surface area contributed by atoms with Crippen LogP contribution < -0.4 is 4.90 Å². The molecule has 110 valence electrons. The number of aromatic nitrogens is 2. The van der Waals surface area contributed by atoms with Crippen LogP contribution in [-0.4, -0.2) is 40.8 Å². The molecule has 1 aromatic heterocycles. The third-order valence-corrected chi connectivity index (χ3v) is 4.07. The van der Waals surface area contributed by atoms with Gasteiger partial charge in [0, 0.05) is 32.2 Å². The summed E-state index contributed by atoms with van der Waals surface area (Å²) in [5, 5.41) is 8.56. The molecule has 4 nitrogen and oxygen atoms in total. The molecular formula is C16H19ClN4. The summed E-state index contributed by atoms with van der Waals surface area (Å²) in [4.78, 5) is 4.78. The van der Waals surface area contributed by atoms with E-state index in [0.717, 1.165) is 32.0 Å². The van der Waals surface area contributed by atoms with Gasteiger partial charge in [-0.15, -0.1) is 10.2 Å². The van der Waals surface area contributed by atoms with Gasteiger partial charge >= 0.3 is 0 Å². The number of hydrogen-bond donors (Lipinski definition) is 0. The molecule has 1 aliphatic heterocycles. The Bertz CT molecular complexity index is 573. The van der Waals surface area contributed by atoms with Crippen molar-refractivity contribution in [2.75, 3.05) is 24.5 Å². The number of nitrogens with zero attached hydrogens (tertiary/aromatic N) is 4. The molecule has 0 amide bonds. The van der Waals surface area contributed by atoms with Gasteiger partial charge in [-0.25, -0.2) is 0 Å². The van der Waals surface area contributed by atoms with Gasteiger partial charge in [0.05, 0.1) is 0 Å². The van der Waals surface area contributed by atoms with Crippen molar-refractivity contribution >= 4 is 17.4 Å². The molecule has 1 unspecified atom stereocenters. The van der Waals surface area contributed by atoms with E-state index in [9.17, 15) is 0 Å². The fourth-order valence-electron chi connectivity index (χ4n) is 2.82. The molecule has 0 spiro atoms. The highest BCUT2D eigenvalue weighted by Crippen LogP contribution is 2.19. The summed E-state index contributed by atoms with van der Waals surface area (Å²) in [6.45, 7) is 6.26. The van der Waals surface area contributed by atoms with Crippen molar-refractivity contribution in [3.05, 3.63) is 53.2 Å². The minimum absolute atomic E-state index is 0.415. The van der Waals surface area contributed by atoms with Crippen molar-refractivity contribution in [3.63, 3.8) is 0 Å². The highest BCUT2D eigenvalue weighted by molar-refractivity contribution is 6.29. The van der Waals surface area contributed by atoms with Gasteiger partial charge in [0.1, 0.15) is 0 Å². The first-order valence-corrected chi connectivity index (χ1v) is 7.62. The molecule has 0 radical (unpaired) electrons. The number of anilines is 1. The molecule has 2 aromatic rings. The molecule has 1 atom stereocenters. The predicted octanol–water partition coefficient (Wildman–Crippen LogP) is 2.84. The fraction of sp³-hybridized carbons (Fsp3) is 0.375. The molecule has 0 aliphatic carbocycles. The summed E-state index contributed by atoms with van der Waals surface area (Å²) >= 11 is 5.80. The maximum absolute atomic E-state index is 5.80. The zero-order valence-corrected chi connectivity index (χ0v) is 12.9. The molecule has 5 heteroatoms. The van der Waals surface area contributed by atoms with Crippen LogP contribution in [0.1, 0.15) is 12.5 Å². The smallest absolute Gasteiger partial charge is 0.151 e. The third-order valence-electron chi connectivity index (χ3n) is 3.87. The van der Waals surface area contributed by atoms with Crippen LogP contribution in [0.3, 0.4) is 0 Å². The van der Waals surface area contributed by atoms with Crippen LogP contribution in [0.15, 0.2) is 42.5 Å². The second kappa shape index (κ2) is 6.41. The maximum atomic E-state index is 5.80. The molecule has 0 bridgehead atoms. The summed E-state index contributed by atoms with van der Waals surface area (Å²) in [6.07, 6.45) is 0. The van der Waals surface area contributed by atoms with E-state index in [1.54, 1.807) is 6.07 Å². The lowest BCUT2D eigenvalue weighted by Crippen LogP contribution is -2.51. The van der Waals surface area contributed by atoms with Gasteiger partial charge in [-0.3, -0.25) is 4.90 Å². The van der Waals surface area contributed by atoms with Gasteiger partial charge in [-0.05, 0) is 24.6 Å². The van der Waals surface area contributed by atoms with E-state index in [4.69, 9.17) is 11.6 Å². The normalized spacial score (nSPS) is 19.7. The maximum Gasteiger partial charge on any atom is 0.151 e. The highest BCUT2D eigenvalue weighted by Gasteiger charge is 2.24. The first kappa shape index (κ1) is 14.3. The van der Waals surface area contributed by atoms with Crippen molar-refractivity contribution in [2.45, 2.75) is 19.5 Å². The highest BCUT2D eigenvalue weighted by atomic mass is 35.5. The SMILES string of the molecule is CC1CN(Cc2ccccc2)CCN1c1ccc(Cl)nn1. The van der Waals surface area contributed by atoms with E-state index in [1.807, 2.05) is 6.07 Å². The van der Waals surface area contributed by atoms with Gasteiger partial charge in [-0.2, -0.15) is 0 Å². The second-order valence-corrected chi connectivity index (χ2v) is 5.86. The standard InChI is InChI=1S/C16H19ClN4/c1-13-11-20(12-14-5-3-2-4-6-14)9-10-21(13)16-8-7-15(17)18-19-16/h2-8,13H,9-12H2,1H3. The monoisotopic (exact) mass is 302 g/mol. The zero-order chi connectivity index (χ0) is 14.7. The van der Waals surface area contributed by atoms with Crippen LogP contribution in [0.25, 0.3) is 0 Å². The second-order valence-electron chi connectivity index (χ2n) is 5.48. The predicted molar refractivity (Wildman–Crippen MR) is 85.6 cm³/mol. The average molecular weight is 303 g/mol. The van der Waals surface area contributed by atoms with E-state index in [1.165, 1.54) is 5.56 Å². The molecule has 1 fully saturated rings.